The van der Waals surface area contributed by atoms with Gasteiger partial charge in [0.1, 0.15) is 5.75 Å². The lowest BCUT2D eigenvalue weighted by Crippen LogP contribution is -2.12. The molecule has 0 spiro atoms. The molecule has 2 aromatic rings. The molecule has 2 aromatic carbocycles. The number of carbonyl (C=O) groups is 1. The molecule has 0 saturated carbocycles. The molecule has 1 fully saturated rings. The van der Waals surface area contributed by atoms with E-state index in [-0.39, 0.29) is 12.0 Å². The Morgan fingerprint density at radius 1 is 1.15 bits per heavy atom. The van der Waals surface area contributed by atoms with Crippen LogP contribution in [0.1, 0.15) is 40.8 Å². The molecule has 3 nitrogen and oxygen atoms in total. The fourth-order valence-electron chi connectivity index (χ4n) is 2.60. The van der Waals surface area contributed by atoms with Gasteiger partial charge in [-0.25, -0.2) is 0 Å². The van der Waals surface area contributed by atoms with Crippen LogP contribution in [-0.2, 0) is 0 Å². The Bertz CT molecular complexity index is 759. The minimum absolute atomic E-state index is 0.0481. The maximum atomic E-state index is 12.5. The largest absolute Gasteiger partial charge is 0.489 e. The highest BCUT2D eigenvalue weighted by atomic mass is 35.5. The summed E-state index contributed by atoms with van der Waals surface area (Å²) in [5.41, 5.74) is 2.56. The third kappa shape index (κ3) is 5.12. The first kappa shape index (κ1) is 19.5. The molecule has 1 heterocycles. The first-order valence-corrected chi connectivity index (χ1v) is 11.1. The number of hydrogen-bond donors (Lipinski definition) is 1. The molecule has 1 N–H and O–H groups in total. The maximum absolute atomic E-state index is 12.5. The lowest BCUT2D eigenvalue weighted by Gasteiger charge is -2.21. The van der Waals surface area contributed by atoms with Crippen LogP contribution >= 0.6 is 35.1 Å². The Morgan fingerprint density at radius 3 is 2.46 bits per heavy atom. The topological polar surface area (TPSA) is 38.3 Å². The summed E-state index contributed by atoms with van der Waals surface area (Å²) in [6.45, 7) is 3.89. The minimum Gasteiger partial charge on any atom is -0.489 e. The van der Waals surface area contributed by atoms with Crippen molar-refractivity contribution in [2.75, 3.05) is 16.8 Å². The number of anilines is 1. The van der Waals surface area contributed by atoms with Gasteiger partial charge >= 0.3 is 0 Å². The summed E-state index contributed by atoms with van der Waals surface area (Å²) in [6, 6.07) is 13.2. The van der Waals surface area contributed by atoms with Crippen molar-refractivity contribution in [3.05, 3.63) is 58.6 Å². The molecule has 26 heavy (non-hydrogen) atoms. The molecule has 1 aliphatic rings. The van der Waals surface area contributed by atoms with Gasteiger partial charge in [0.25, 0.3) is 5.91 Å². The van der Waals surface area contributed by atoms with Crippen molar-refractivity contribution >= 4 is 46.7 Å². The number of halogens is 1. The van der Waals surface area contributed by atoms with Crippen molar-refractivity contribution in [2.45, 2.75) is 31.0 Å². The van der Waals surface area contributed by atoms with E-state index in [0.717, 1.165) is 0 Å². The van der Waals surface area contributed by atoms with Crippen LogP contribution in [0.5, 0.6) is 5.75 Å². The fraction of sp³-hybridized carbons (Fsp3) is 0.350. The molecule has 0 aromatic heterocycles. The van der Waals surface area contributed by atoms with Crippen molar-refractivity contribution in [3.8, 4) is 5.75 Å². The Morgan fingerprint density at radius 2 is 1.85 bits per heavy atom. The lowest BCUT2D eigenvalue weighted by molar-refractivity contribution is 0.102. The average Bonchev–Trinajstić information content (AvgIpc) is 2.64. The zero-order valence-corrected chi connectivity index (χ0v) is 17.2. The number of carbonyl (C=O) groups excluding carboxylic acids is 1. The van der Waals surface area contributed by atoms with E-state index in [4.69, 9.17) is 16.3 Å². The van der Waals surface area contributed by atoms with Gasteiger partial charge in [-0.3, -0.25) is 4.79 Å². The van der Waals surface area contributed by atoms with Crippen molar-refractivity contribution in [1.29, 1.82) is 0 Å². The predicted octanol–water partition coefficient (Wildman–Crippen LogP) is 6.25. The minimum atomic E-state index is -0.144. The molecule has 6 heteroatoms. The fourth-order valence-corrected chi connectivity index (χ4v) is 5.72. The average molecular weight is 408 g/mol. The van der Waals surface area contributed by atoms with Crippen LogP contribution in [0.25, 0.3) is 0 Å². The van der Waals surface area contributed by atoms with Gasteiger partial charge in [-0.1, -0.05) is 23.7 Å². The summed E-state index contributed by atoms with van der Waals surface area (Å²) in [7, 11) is 0. The number of hydrogen-bond acceptors (Lipinski definition) is 4. The number of nitrogens with one attached hydrogen (secondary N) is 1. The second-order valence-corrected chi connectivity index (χ2v) is 9.45. The van der Waals surface area contributed by atoms with Gasteiger partial charge < -0.3 is 10.1 Å². The van der Waals surface area contributed by atoms with Crippen LogP contribution < -0.4 is 10.1 Å². The number of benzene rings is 2. The predicted molar refractivity (Wildman–Crippen MR) is 114 cm³/mol. The smallest absolute Gasteiger partial charge is 0.255 e. The molecular weight excluding hydrogens is 386 g/mol. The zero-order chi connectivity index (χ0) is 18.5. The lowest BCUT2D eigenvalue weighted by atomic mass is 10.1. The summed E-state index contributed by atoms with van der Waals surface area (Å²) < 4.78 is 6.09. The van der Waals surface area contributed by atoms with E-state index >= 15 is 0 Å². The molecule has 3 rings (SSSR count). The van der Waals surface area contributed by atoms with Crippen molar-refractivity contribution in [3.63, 3.8) is 0 Å². The third-order valence-corrected chi connectivity index (χ3v) is 7.14. The molecule has 0 bridgehead atoms. The highest BCUT2D eigenvalue weighted by Crippen LogP contribution is 2.43. The Hall–Kier alpha value is -1.30. The van der Waals surface area contributed by atoms with Gasteiger partial charge in [-0.15, -0.1) is 23.5 Å². The highest BCUT2D eigenvalue weighted by molar-refractivity contribution is 8.16. The highest BCUT2D eigenvalue weighted by Gasteiger charge is 2.17. The Labute approximate surface area is 168 Å². The second-order valence-electron chi connectivity index (χ2n) is 6.32. The molecule has 1 aliphatic heterocycles. The van der Waals surface area contributed by atoms with E-state index in [1.165, 1.54) is 23.5 Å². The van der Waals surface area contributed by atoms with Crippen LogP contribution in [0.4, 0.5) is 5.69 Å². The Balaban J connectivity index is 1.65. The van der Waals surface area contributed by atoms with Gasteiger partial charge in [-0.05, 0) is 67.7 Å². The molecule has 0 atom stereocenters. The summed E-state index contributed by atoms with van der Waals surface area (Å²) in [4.78, 5) is 12.5. The first-order valence-electron chi connectivity index (χ1n) is 8.63. The van der Waals surface area contributed by atoms with Crippen molar-refractivity contribution < 1.29 is 9.53 Å². The van der Waals surface area contributed by atoms with Gasteiger partial charge in [0.05, 0.1) is 15.7 Å². The molecular formula is C20H22ClNO2S2. The van der Waals surface area contributed by atoms with Gasteiger partial charge in [0.2, 0.25) is 0 Å². The van der Waals surface area contributed by atoms with Gasteiger partial charge in [-0.2, -0.15) is 0 Å². The van der Waals surface area contributed by atoms with E-state index in [1.54, 1.807) is 18.2 Å². The quantitative estimate of drug-likeness (QED) is 0.635. The van der Waals surface area contributed by atoms with E-state index in [9.17, 15) is 4.79 Å². The standard InChI is InChI=1S/C20H22ClNO2S2/c1-13(2)24-18-9-8-16(12-17(18)21)22-19(23)14-4-6-15(7-5-14)20-25-10-3-11-26-20/h4-9,12-13,20H,3,10-11H2,1-2H3,(H,22,23). The normalized spacial score (nSPS) is 15.1. The number of amides is 1. The van der Waals surface area contributed by atoms with Gasteiger partial charge in [0, 0.05) is 11.3 Å². The van der Waals surface area contributed by atoms with E-state index in [2.05, 4.69) is 17.4 Å². The van der Waals surface area contributed by atoms with Gasteiger partial charge in [0.15, 0.2) is 0 Å². The van der Waals surface area contributed by atoms with Crippen LogP contribution in [0.15, 0.2) is 42.5 Å². The monoisotopic (exact) mass is 407 g/mol. The molecule has 0 aliphatic carbocycles. The Kier molecular flexibility index (Phi) is 6.79. The number of thioether (sulfide) groups is 2. The zero-order valence-electron chi connectivity index (χ0n) is 14.8. The SMILES string of the molecule is CC(C)Oc1ccc(NC(=O)c2ccc(C3SCCCS3)cc2)cc1Cl. The molecule has 0 radical (unpaired) electrons. The van der Waals surface area contributed by atoms with E-state index < -0.39 is 0 Å². The summed E-state index contributed by atoms with van der Waals surface area (Å²) in [5.74, 6) is 2.88. The van der Waals surface area contributed by atoms with Crippen LogP contribution in [-0.4, -0.2) is 23.5 Å². The summed E-state index contributed by atoms with van der Waals surface area (Å²) in [5, 5.41) is 3.37. The molecule has 1 amide bonds. The maximum Gasteiger partial charge on any atom is 0.255 e. The van der Waals surface area contributed by atoms with Crippen LogP contribution in [0.3, 0.4) is 0 Å². The first-order chi connectivity index (χ1) is 12.5. The summed E-state index contributed by atoms with van der Waals surface area (Å²) in [6.07, 6.45) is 1.32. The second kappa shape index (κ2) is 9.07. The van der Waals surface area contributed by atoms with Crippen LogP contribution in [0.2, 0.25) is 5.02 Å². The third-order valence-electron chi connectivity index (χ3n) is 3.82. The van der Waals surface area contributed by atoms with Crippen LogP contribution in [0, 0.1) is 0 Å². The summed E-state index contributed by atoms with van der Waals surface area (Å²) >= 11 is 10.2. The molecule has 138 valence electrons. The molecule has 0 unspecified atom stereocenters. The molecule has 1 saturated heterocycles. The van der Waals surface area contributed by atoms with E-state index in [0.29, 0.717) is 26.6 Å². The van der Waals surface area contributed by atoms with Crippen molar-refractivity contribution in [1.82, 2.24) is 0 Å². The number of ether oxygens (including phenoxy) is 1. The van der Waals surface area contributed by atoms with E-state index in [1.807, 2.05) is 49.5 Å². The van der Waals surface area contributed by atoms with Crippen molar-refractivity contribution in [2.24, 2.45) is 0 Å². The number of rotatable bonds is 5.